The Morgan fingerprint density at radius 1 is 1.35 bits per heavy atom. The summed E-state index contributed by atoms with van der Waals surface area (Å²) in [7, 11) is 1.44. The molecule has 26 heavy (non-hydrogen) atoms. The molecule has 0 radical (unpaired) electrons. The van der Waals surface area contributed by atoms with E-state index in [1.807, 2.05) is 22.6 Å². The predicted molar refractivity (Wildman–Crippen MR) is 105 cm³/mol. The Morgan fingerprint density at radius 3 is 2.73 bits per heavy atom. The van der Waals surface area contributed by atoms with Gasteiger partial charge in [-0.2, -0.15) is 5.10 Å². The zero-order valence-electron chi connectivity index (χ0n) is 13.5. The maximum atomic E-state index is 12.0. The quantitative estimate of drug-likeness (QED) is 0.354. The Kier molecular flexibility index (Phi) is 7.22. The van der Waals surface area contributed by atoms with Crippen LogP contribution in [0.25, 0.3) is 0 Å². The van der Waals surface area contributed by atoms with Crippen LogP contribution in [0, 0.1) is 3.57 Å². The van der Waals surface area contributed by atoms with Crippen molar-refractivity contribution >= 4 is 52.3 Å². The van der Waals surface area contributed by atoms with Crippen molar-refractivity contribution in [2.24, 2.45) is 5.10 Å². The van der Waals surface area contributed by atoms with Crippen molar-refractivity contribution in [3.63, 3.8) is 0 Å². The molecule has 0 unspecified atom stereocenters. The topological polar surface area (TPSA) is 97.2 Å². The van der Waals surface area contributed by atoms with Gasteiger partial charge in [0.05, 0.1) is 27.5 Å². The number of rotatable bonds is 7. The summed E-state index contributed by atoms with van der Waals surface area (Å²) in [5.41, 5.74) is 3.34. The highest BCUT2D eigenvalue weighted by Crippen LogP contribution is 2.33. The van der Waals surface area contributed by atoms with Crippen LogP contribution in [0.4, 0.5) is 0 Å². The first kappa shape index (κ1) is 20.0. The molecule has 0 saturated heterocycles. The monoisotopic (exact) mass is 488 g/mol. The Bertz CT molecular complexity index is 857. The molecule has 1 amide bonds. The van der Waals surface area contributed by atoms with Gasteiger partial charge in [-0.15, -0.1) is 0 Å². The number of aliphatic carboxylic acids is 1. The van der Waals surface area contributed by atoms with E-state index >= 15 is 0 Å². The highest BCUT2D eigenvalue weighted by Gasteiger charge is 2.13. The van der Waals surface area contributed by atoms with E-state index < -0.39 is 18.5 Å². The number of ether oxygens (including phenoxy) is 2. The Hall–Kier alpha value is -2.33. The van der Waals surface area contributed by atoms with Gasteiger partial charge in [0.15, 0.2) is 18.1 Å². The number of hydrogen-bond donors (Lipinski definition) is 2. The van der Waals surface area contributed by atoms with E-state index in [0.29, 0.717) is 31.2 Å². The molecule has 0 heterocycles. The van der Waals surface area contributed by atoms with Crippen molar-refractivity contribution in [3.05, 3.63) is 56.1 Å². The van der Waals surface area contributed by atoms with E-state index in [1.165, 1.54) is 13.3 Å². The summed E-state index contributed by atoms with van der Waals surface area (Å²) in [6.45, 7) is -0.478. The highest BCUT2D eigenvalue weighted by molar-refractivity contribution is 14.1. The van der Waals surface area contributed by atoms with E-state index in [9.17, 15) is 9.59 Å². The smallest absolute Gasteiger partial charge is 0.341 e. The molecule has 0 atom stereocenters. The SMILES string of the molecule is COc1cc(/C=N\NC(=O)c2ccccc2Cl)cc(I)c1OCC(=O)O. The summed E-state index contributed by atoms with van der Waals surface area (Å²) in [5.74, 6) is -0.838. The molecular formula is C17H14ClIN2O5. The van der Waals surface area contributed by atoms with E-state index in [4.69, 9.17) is 26.2 Å². The molecule has 2 rings (SSSR count). The molecule has 0 aliphatic carbocycles. The van der Waals surface area contributed by atoms with E-state index in [0.717, 1.165) is 0 Å². The number of hydrogen-bond acceptors (Lipinski definition) is 5. The number of benzene rings is 2. The van der Waals surface area contributed by atoms with Crippen molar-refractivity contribution < 1.29 is 24.2 Å². The van der Waals surface area contributed by atoms with Crippen molar-refractivity contribution in [1.29, 1.82) is 0 Å². The zero-order chi connectivity index (χ0) is 19.1. The summed E-state index contributed by atoms with van der Waals surface area (Å²) in [4.78, 5) is 22.7. The predicted octanol–water partition coefficient (Wildman–Crippen LogP) is 3.18. The summed E-state index contributed by atoms with van der Waals surface area (Å²) in [6.07, 6.45) is 1.43. The molecule has 9 heteroatoms. The normalized spacial score (nSPS) is 10.6. The van der Waals surface area contributed by atoms with Crippen LogP contribution in [0.3, 0.4) is 0 Å². The first-order valence-electron chi connectivity index (χ1n) is 7.22. The van der Waals surface area contributed by atoms with Crippen LogP contribution in [0.1, 0.15) is 15.9 Å². The van der Waals surface area contributed by atoms with Gasteiger partial charge in [0.25, 0.3) is 5.91 Å². The second-order valence-corrected chi connectivity index (χ2v) is 6.46. The standard InChI is InChI=1S/C17H14ClIN2O5/c1-25-14-7-10(6-13(19)16(14)26-9-15(22)23)8-20-21-17(24)11-4-2-3-5-12(11)18/h2-8H,9H2,1H3,(H,21,24)(H,22,23)/b20-8-. The molecule has 0 saturated carbocycles. The van der Waals surface area contributed by atoms with Gasteiger partial charge in [-0.3, -0.25) is 4.79 Å². The molecular weight excluding hydrogens is 475 g/mol. The van der Waals surface area contributed by atoms with Gasteiger partial charge in [0.1, 0.15) is 0 Å². The Morgan fingerprint density at radius 2 is 2.08 bits per heavy atom. The van der Waals surface area contributed by atoms with Gasteiger partial charge in [0, 0.05) is 0 Å². The number of nitrogens with one attached hydrogen (secondary N) is 1. The number of halogens is 2. The van der Waals surface area contributed by atoms with Gasteiger partial charge >= 0.3 is 5.97 Å². The number of amides is 1. The number of carbonyl (C=O) groups is 2. The third-order valence-electron chi connectivity index (χ3n) is 3.09. The summed E-state index contributed by atoms with van der Waals surface area (Å²) in [5, 5.41) is 13.0. The fourth-order valence-electron chi connectivity index (χ4n) is 1.96. The molecule has 2 aromatic rings. The van der Waals surface area contributed by atoms with Gasteiger partial charge in [-0.1, -0.05) is 23.7 Å². The average molecular weight is 489 g/mol. The minimum absolute atomic E-state index is 0.316. The number of methoxy groups -OCH3 is 1. The molecule has 0 aromatic heterocycles. The van der Waals surface area contributed by atoms with Crippen LogP contribution in [-0.4, -0.2) is 36.9 Å². The van der Waals surface area contributed by atoms with Crippen molar-refractivity contribution in [1.82, 2.24) is 5.43 Å². The number of hydrazone groups is 1. The largest absolute Gasteiger partial charge is 0.493 e. The van der Waals surface area contributed by atoms with Crippen molar-refractivity contribution in [2.45, 2.75) is 0 Å². The zero-order valence-corrected chi connectivity index (χ0v) is 16.4. The number of carboxylic acid groups (broad SMARTS) is 1. The van der Waals surface area contributed by atoms with Crippen molar-refractivity contribution in [3.8, 4) is 11.5 Å². The van der Waals surface area contributed by atoms with Crippen LogP contribution in [0.15, 0.2) is 41.5 Å². The lowest BCUT2D eigenvalue weighted by Crippen LogP contribution is -2.18. The molecule has 2 aromatic carbocycles. The van der Waals surface area contributed by atoms with Crippen LogP contribution in [0.2, 0.25) is 5.02 Å². The molecule has 0 bridgehead atoms. The minimum Gasteiger partial charge on any atom is -0.493 e. The van der Waals surface area contributed by atoms with E-state index in [-0.39, 0.29) is 0 Å². The molecule has 2 N–H and O–H groups in total. The molecule has 136 valence electrons. The first-order chi connectivity index (χ1) is 12.4. The van der Waals surface area contributed by atoms with E-state index in [1.54, 1.807) is 36.4 Å². The molecule has 7 nitrogen and oxygen atoms in total. The van der Waals surface area contributed by atoms with Gasteiger partial charge in [-0.05, 0) is 52.4 Å². The molecule has 0 spiro atoms. The first-order valence-corrected chi connectivity index (χ1v) is 8.68. The minimum atomic E-state index is -1.09. The van der Waals surface area contributed by atoms with Crippen LogP contribution >= 0.6 is 34.2 Å². The fourth-order valence-corrected chi connectivity index (χ4v) is 2.96. The maximum Gasteiger partial charge on any atom is 0.341 e. The third kappa shape index (κ3) is 5.33. The average Bonchev–Trinajstić information content (AvgIpc) is 2.60. The van der Waals surface area contributed by atoms with Gasteiger partial charge in [-0.25, -0.2) is 10.2 Å². The lowest BCUT2D eigenvalue weighted by molar-refractivity contribution is -0.139. The Labute approximate surface area is 168 Å². The van der Waals surface area contributed by atoms with Crippen LogP contribution < -0.4 is 14.9 Å². The lowest BCUT2D eigenvalue weighted by atomic mass is 10.2. The second-order valence-electron chi connectivity index (χ2n) is 4.90. The molecule has 0 fully saturated rings. The molecule has 0 aliphatic rings. The molecule has 0 aliphatic heterocycles. The van der Waals surface area contributed by atoms with Gasteiger partial charge in [0.2, 0.25) is 0 Å². The maximum absolute atomic E-state index is 12.0. The van der Waals surface area contributed by atoms with Crippen LogP contribution in [0.5, 0.6) is 11.5 Å². The second kappa shape index (κ2) is 9.39. The number of carbonyl (C=O) groups excluding carboxylic acids is 1. The van der Waals surface area contributed by atoms with E-state index in [2.05, 4.69) is 10.5 Å². The van der Waals surface area contributed by atoms with Gasteiger partial charge < -0.3 is 14.6 Å². The Balaban J connectivity index is 2.13. The fraction of sp³-hybridized carbons (Fsp3) is 0.118. The summed E-state index contributed by atoms with van der Waals surface area (Å²) >= 11 is 7.95. The number of nitrogens with zero attached hydrogens (tertiary/aromatic N) is 1. The summed E-state index contributed by atoms with van der Waals surface area (Å²) < 4.78 is 11.1. The van der Waals surface area contributed by atoms with Crippen molar-refractivity contribution in [2.75, 3.05) is 13.7 Å². The lowest BCUT2D eigenvalue weighted by Gasteiger charge is -2.12. The summed E-state index contributed by atoms with van der Waals surface area (Å²) in [6, 6.07) is 9.96. The highest BCUT2D eigenvalue weighted by atomic mass is 127. The number of carboxylic acids is 1. The van der Waals surface area contributed by atoms with Crippen LogP contribution in [-0.2, 0) is 4.79 Å². The third-order valence-corrected chi connectivity index (χ3v) is 4.22.